The van der Waals surface area contributed by atoms with Gasteiger partial charge in [0.25, 0.3) is 5.91 Å². The summed E-state index contributed by atoms with van der Waals surface area (Å²) in [6, 6.07) is 8.53. The molecule has 1 aliphatic rings. The number of amides is 1. The number of carbonyl (C=O) groups excluding carboxylic acids is 1. The molecular formula is C21H19F3N4O4S. The van der Waals surface area contributed by atoms with E-state index in [9.17, 15) is 26.4 Å². The molecule has 1 aliphatic heterocycles. The van der Waals surface area contributed by atoms with Crippen LogP contribution in [0.1, 0.15) is 15.9 Å². The number of halogens is 3. The number of ether oxygens (including phenoxy) is 1. The molecule has 33 heavy (non-hydrogen) atoms. The van der Waals surface area contributed by atoms with Gasteiger partial charge in [0.2, 0.25) is 10.0 Å². The van der Waals surface area contributed by atoms with Crippen LogP contribution in [0.4, 0.5) is 18.9 Å². The molecule has 174 valence electrons. The third kappa shape index (κ3) is 4.92. The van der Waals surface area contributed by atoms with Crippen molar-refractivity contribution in [3.63, 3.8) is 0 Å². The lowest BCUT2D eigenvalue weighted by molar-refractivity contribution is -0.136. The third-order valence-corrected chi connectivity index (χ3v) is 7.00. The van der Waals surface area contributed by atoms with Gasteiger partial charge < -0.3 is 14.6 Å². The van der Waals surface area contributed by atoms with Crippen LogP contribution in [0, 0.1) is 0 Å². The summed E-state index contributed by atoms with van der Waals surface area (Å²) in [5.41, 5.74) is -1.19. The van der Waals surface area contributed by atoms with Gasteiger partial charge in [-0.1, -0.05) is 0 Å². The second kappa shape index (κ2) is 8.96. The predicted molar refractivity (Wildman–Crippen MR) is 113 cm³/mol. The van der Waals surface area contributed by atoms with E-state index < -0.39 is 33.4 Å². The summed E-state index contributed by atoms with van der Waals surface area (Å²) in [4.78, 5) is 16.4. The second-order valence-electron chi connectivity index (χ2n) is 7.19. The van der Waals surface area contributed by atoms with Crippen LogP contribution in [-0.4, -0.2) is 54.5 Å². The topological polar surface area (TPSA) is 93.5 Å². The van der Waals surface area contributed by atoms with Crippen LogP contribution in [0.3, 0.4) is 0 Å². The monoisotopic (exact) mass is 480 g/mol. The number of carbonyl (C=O) groups is 1. The SMILES string of the molecule is O=C(Nc1ccc(-n2ccnc2)cc1C(F)(F)F)c1ccc(S(=O)(=O)N2CCOCC2)cc1. The summed E-state index contributed by atoms with van der Waals surface area (Å²) < 4.78 is 74.1. The highest BCUT2D eigenvalue weighted by Gasteiger charge is 2.34. The number of imidazole rings is 1. The van der Waals surface area contributed by atoms with Gasteiger partial charge in [-0.15, -0.1) is 0 Å². The maximum atomic E-state index is 13.6. The second-order valence-corrected chi connectivity index (χ2v) is 9.13. The summed E-state index contributed by atoms with van der Waals surface area (Å²) >= 11 is 0. The molecule has 1 amide bonds. The normalized spacial score (nSPS) is 15.4. The first-order chi connectivity index (χ1) is 15.7. The molecule has 0 unspecified atom stereocenters. The average Bonchev–Trinajstić information content (AvgIpc) is 3.34. The van der Waals surface area contributed by atoms with E-state index in [4.69, 9.17) is 4.74 Å². The summed E-state index contributed by atoms with van der Waals surface area (Å²) in [5.74, 6) is -0.800. The molecule has 1 saturated heterocycles. The van der Waals surface area contributed by atoms with E-state index in [1.807, 2.05) is 0 Å². The van der Waals surface area contributed by atoms with Crippen molar-refractivity contribution in [2.75, 3.05) is 31.6 Å². The first-order valence-corrected chi connectivity index (χ1v) is 11.3. The summed E-state index contributed by atoms with van der Waals surface area (Å²) in [6.45, 7) is 1.03. The number of aromatic nitrogens is 2. The lowest BCUT2D eigenvalue weighted by Crippen LogP contribution is -2.40. The first-order valence-electron chi connectivity index (χ1n) is 9.85. The Bertz CT molecular complexity index is 1240. The van der Waals surface area contributed by atoms with Crippen LogP contribution in [0.25, 0.3) is 5.69 Å². The minimum absolute atomic E-state index is 0.0124. The highest BCUT2D eigenvalue weighted by Crippen LogP contribution is 2.36. The molecule has 0 saturated carbocycles. The fourth-order valence-corrected chi connectivity index (χ4v) is 4.76. The van der Waals surface area contributed by atoms with Gasteiger partial charge in [0.1, 0.15) is 0 Å². The maximum Gasteiger partial charge on any atom is 0.418 e. The minimum Gasteiger partial charge on any atom is -0.379 e. The number of rotatable bonds is 5. The van der Waals surface area contributed by atoms with Gasteiger partial charge in [-0.2, -0.15) is 17.5 Å². The molecule has 0 radical (unpaired) electrons. The van der Waals surface area contributed by atoms with Crippen LogP contribution in [0.15, 0.2) is 66.1 Å². The fraction of sp³-hybridized carbons (Fsp3) is 0.238. The van der Waals surface area contributed by atoms with Gasteiger partial charge in [0, 0.05) is 36.7 Å². The van der Waals surface area contributed by atoms with E-state index in [0.29, 0.717) is 13.2 Å². The Hall–Kier alpha value is -3.22. The summed E-state index contributed by atoms with van der Waals surface area (Å²) in [7, 11) is -3.75. The van der Waals surface area contributed by atoms with Crippen molar-refractivity contribution in [2.24, 2.45) is 0 Å². The zero-order valence-electron chi connectivity index (χ0n) is 17.1. The Morgan fingerprint density at radius 2 is 1.76 bits per heavy atom. The number of nitrogens with one attached hydrogen (secondary N) is 1. The minimum atomic E-state index is -4.71. The Labute approximate surface area is 187 Å². The summed E-state index contributed by atoms with van der Waals surface area (Å²) in [6.07, 6.45) is -0.415. The Balaban J connectivity index is 1.56. The summed E-state index contributed by atoms with van der Waals surface area (Å²) in [5, 5.41) is 2.27. The Morgan fingerprint density at radius 1 is 1.06 bits per heavy atom. The number of benzene rings is 2. The molecule has 2 heterocycles. The van der Waals surface area contributed by atoms with E-state index in [1.165, 1.54) is 57.9 Å². The van der Waals surface area contributed by atoms with Gasteiger partial charge in [0.15, 0.2) is 0 Å². The molecule has 0 aliphatic carbocycles. The number of nitrogens with zero attached hydrogens (tertiary/aromatic N) is 3. The molecule has 1 aromatic heterocycles. The lowest BCUT2D eigenvalue weighted by atomic mass is 10.1. The smallest absolute Gasteiger partial charge is 0.379 e. The van der Waals surface area contributed by atoms with Crippen LogP contribution in [0.2, 0.25) is 0 Å². The zero-order chi connectivity index (χ0) is 23.6. The van der Waals surface area contributed by atoms with Crippen molar-refractivity contribution in [2.45, 2.75) is 11.1 Å². The molecule has 1 N–H and O–H groups in total. The van der Waals surface area contributed by atoms with E-state index in [0.717, 1.165) is 12.1 Å². The number of anilines is 1. The number of alkyl halides is 3. The molecule has 12 heteroatoms. The fourth-order valence-electron chi connectivity index (χ4n) is 3.36. The predicted octanol–water partition coefficient (Wildman–Crippen LogP) is 3.16. The Morgan fingerprint density at radius 3 is 2.36 bits per heavy atom. The number of sulfonamides is 1. The highest BCUT2D eigenvalue weighted by atomic mass is 32.2. The van der Waals surface area contributed by atoms with Crippen molar-refractivity contribution >= 4 is 21.6 Å². The molecule has 0 atom stereocenters. The molecule has 3 aromatic rings. The molecule has 0 spiro atoms. The lowest BCUT2D eigenvalue weighted by Gasteiger charge is -2.26. The molecule has 2 aromatic carbocycles. The van der Waals surface area contributed by atoms with Gasteiger partial charge in [0.05, 0.1) is 35.7 Å². The number of morpholine rings is 1. The largest absolute Gasteiger partial charge is 0.418 e. The van der Waals surface area contributed by atoms with Crippen LogP contribution >= 0.6 is 0 Å². The molecule has 0 bridgehead atoms. The van der Waals surface area contributed by atoms with Crippen molar-refractivity contribution in [3.8, 4) is 5.69 Å². The van der Waals surface area contributed by atoms with Gasteiger partial charge in [-0.05, 0) is 42.5 Å². The van der Waals surface area contributed by atoms with Crippen LogP contribution in [0.5, 0.6) is 0 Å². The average molecular weight is 480 g/mol. The Kier molecular flexibility index (Phi) is 6.23. The first kappa shape index (κ1) is 23.0. The standard InChI is InChI=1S/C21H19F3N4O4S/c22-21(23,24)18-13-16(27-8-7-25-14-27)3-6-19(18)26-20(29)15-1-4-17(5-2-15)33(30,31)28-9-11-32-12-10-28/h1-8,13-14H,9-12H2,(H,26,29). The number of hydrogen-bond acceptors (Lipinski definition) is 5. The van der Waals surface area contributed by atoms with Gasteiger partial charge >= 0.3 is 6.18 Å². The molecule has 4 rings (SSSR count). The highest BCUT2D eigenvalue weighted by molar-refractivity contribution is 7.89. The van der Waals surface area contributed by atoms with E-state index in [1.54, 1.807) is 0 Å². The van der Waals surface area contributed by atoms with Crippen molar-refractivity contribution < 1.29 is 31.1 Å². The van der Waals surface area contributed by atoms with Crippen LogP contribution < -0.4 is 5.32 Å². The van der Waals surface area contributed by atoms with E-state index in [2.05, 4.69) is 10.3 Å². The van der Waals surface area contributed by atoms with Gasteiger partial charge in [-0.3, -0.25) is 4.79 Å². The zero-order valence-corrected chi connectivity index (χ0v) is 17.9. The van der Waals surface area contributed by atoms with Crippen LogP contribution in [-0.2, 0) is 20.9 Å². The quantitative estimate of drug-likeness (QED) is 0.606. The molecule has 8 nitrogen and oxygen atoms in total. The maximum absolute atomic E-state index is 13.6. The van der Waals surface area contributed by atoms with Crippen molar-refractivity contribution in [3.05, 3.63) is 72.3 Å². The molecular weight excluding hydrogens is 461 g/mol. The van der Waals surface area contributed by atoms with E-state index in [-0.39, 0.29) is 29.2 Å². The third-order valence-electron chi connectivity index (χ3n) is 5.08. The van der Waals surface area contributed by atoms with Crippen molar-refractivity contribution in [1.82, 2.24) is 13.9 Å². The number of hydrogen-bond donors (Lipinski definition) is 1. The molecule has 1 fully saturated rings. The van der Waals surface area contributed by atoms with Crippen molar-refractivity contribution in [1.29, 1.82) is 0 Å². The van der Waals surface area contributed by atoms with E-state index >= 15 is 0 Å². The van der Waals surface area contributed by atoms with Gasteiger partial charge in [-0.25, -0.2) is 13.4 Å².